The smallest absolute Gasteiger partial charge is 0.261 e. The highest BCUT2D eigenvalue weighted by atomic mass is 16.5. The van der Waals surface area contributed by atoms with Gasteiger partial charge < -0.3 is 15.0 Å². The molecule has 0 unspecified atom stereocenters. The summed E-state index contributed by atoms with van der Waals surface area (Å²) in [7, 11) is 0. The number of anilines is 1. The zero-order valence-electron chi connectivity index (χ0n) is 14.1. The first kappa shape index (κ1) is 17.0. The first-order valence-electron chi connectivity index (χ1n) is 8.58. The van der Waals surface area contributed by atoms with Crippen LogP contribution in [0.4, 0.5) is 5.69 Å². The molecule has 5 nitrogen and oxygen atoms in total. The molecule has 0 bridgehead atoms. The molecule has 130 valence electrons. The van der Waals surface area contributed by atoms with Gasteiger partial charge in [0.25, 0.3) is 11.5 Å². The van der Waals surface area contributed by atoms with E-state index in [0.29, 0.717) is 18.0 Å². The normalized spacial score (nSPS) is 13.4. The summed E-state index contributed by atoms with van der Waals surface area (Å²) in [5.74, 6) is 0.116. The third-order valence-electron chi connectivity index (χ3n) is 4.32. The van der Waals surface area contributed by atoms with Crippen molar-refractivity contribution in [2.75, 3.05) is 11.9 Å². The molecule has 2 N–H and O–H groups in total. The fraction of sp³-hybridized carbons (Fsp3) is 0.300. The number of aryl methyl sites for hydroxylation is 2. The van der Waals surface area contributed by atoms with Crippen molar-refractivity contribution in [3.63, 3.8) is 0 Å². The molecule has 0 radical (unpaired) electrons. The number of pyridine rings is 1. The molecule has 3 rings (SSSR count). The number of nitrogens with one attached hydrogen (secondary N) is 2. The van der Waals surface area contributed by atoms with E-state index in [4.69, 9.17) is 4.74 Å². The number of carbonyl (C=O) groups excluding carboxylic acids is 1. The van der Waals surface area contributed by atoms with E-state index in [1.54, 1.807) is 30.3 Å². The molecule has 0 aliphatic heterocycles. The van der Waals surface area contributed by atoms with Crippen molar-refractivity contribution < 1.29 is 9.53 Å². The first-order chi connectivity index (χ1) is 12.2. The summed E-state index contributed by atoms with van der Waals surface area (Å²) in [4.78, 5) is 27.8. The maximum atomic E-state index is 12.6. The predicted molar refractivity (Wildman–Crippen MR) is 98.4 cm³/mol. The minimum atomic E-state index is -0.428. The molecule has 0 spiro atoms. The van der Waals surface area contributed by atoms with Gasteiger partial charge in [0, 0.05) is 5.69 Å². The van der Waals surface area contributed by atoms with Crippen LogP contribution in [0.25, 0.3) is 0 Å². The maximum absolute atomic E-state index is 12.6. The van der Waals surface area contributed by atoms with Gasteiger partial charge in [-0.1, -0.05) is 31.2 Å². The summed E-state index contributed by atoms with van der Waals surface area (Å²) < 4.78 is 5.54. The predicted octanol–water partition coefficient (Wildman–Crippen LogP) is 3.46. The molecule has 1 aliphatic rings. The van der Waals surface area contributed by atoms with Crippen LogP contribution >= 0.6 is 0 Å². The molecule has 1 aromatic carbocycles. The fourth-order valence-electron chi connectivity index (χ4n) is 3.05. The SMILES string of the molecule is C=CCOc1ccccc1NC(=O)c1cc2c([nH]c1=O)CCCCC2. The zero-order valence-corrected chi connectivity index (χ0v) is 14.1. The Morgan fingerprint density at radius 1 is 1.24 bits per heavy atom. The van der Waals surface area contributed by atoms with Gasteiger partial charge in [0.1, 0.15) is 17.9 Å². The lowest BCUT2D eigenvalue weighted by atomic mass is 10.1. The van der Waals surface area contributed by atoms with E-state index in [9.17, 15) is 9.59 Å². The second-order valence-corrected chi connectivity index (χ2v) is 6.13. The molecule has 1 aromatic heterocycles. The Morgan fingerprint density at radius 2 is 2.04 bits per heavy atom. The van der Waals surface area contributed by atoms with E-state index in [1.807, 2.05) is 6.07 Å². The maximum Gasteiger partial charge on any atom is 0.261 e. The van der Waals surface area contributed by atoms with Gasteiger partial charge in [-0.15, -0.1) is 0 Å². The van der Waals surface area contributed by atoms with Crippen molar-refractivity contribution in [2.45, 2.75) is 32.1 Å². The molecular weight excluding hydrogens is 316 g/mol. The highest BCUT2D eigenvalue weighted by Crippen LogP contribution is 2.24. The molecule has 0 saturated carbocycles. The van der Waals surface area contributed by atoms with E-state index in [2.05, 4.69) is 16.9 Å². The van der Waals surface area contributed by atoms with Crippen molar-refractivity contribution in [2.24, 2.45) is 0 Å². The Bertz CT molecular complexity index is 839. The lowest BCUT2D eigenvalue weighted by Crippen LogP contribution is -2.25. The summed E-state index contributed by atoms with van der Waals surface area (Å²) in [6.07, 6.45) is 6.69. The summed E-state index contributed by atoms with van der Waals surface area (Å²) in [5.41, 5.74) is 2.36. The second kappa shape index (κ2) is 7.83. The van der Waals surface area contributed by atoms with Crippen molar-refractivity contribution in [1.82, 2.24) is 4.98 Å². The highest BCUT2D eigenvalue weighted by molar-refractivity contribution is 6.04. The van der Waals surface area contributed by atoms with Crippen LogP contribution in [0.2, 0.25) is 0 Å². The number of ether oxygens (including phenoxy) is 1. The number of aromatic amines is 1. The summed E-state index contributed by atoms with van der Waals surface area (Å²) in [6.45, 7) is 3.96. The molecule has 25 heavy (non-hydrogen) atoms. The molecule has 1 aliphatic carbocycles. The summed E-state index contributed by atoms with van der Waals surface area (Å²) >= 11 is 0. The Balaban J connectivity index is 1.86. The Kier molecular flexibility index (Phi) is 5.33. The largest absolute Gasteiger partial charge is 0.487 e. The fourth-order valence-corrected chi connectivity index (χ4v) is 3.05. The lowest BCUT2D eigenvalue weighted by Gasteiger charge is -2.12. The molecule has 0 saturated heterocycles. The molecule has 0 fully saturated rings. The van der Waals surface area contributed by atoms with Crippen LogP contribution in [0.3, 0.4) is 0 Å². The van der Waals surface area contributed by atoms with Crippen LogP contribution < -0.4 is 15.6 Å². The van der Waals surface area contributed by atoms with Crippen LogP contribution in [0.1, 0.15) is 40.9 Å². The standard InChI is InChI=1S/C20H22N2O3/c1-2-12-25-18-11-7-6-10-17(18)22-20(24)15-13-14-8-4-3-5-9-16(14)21-19(15)23/h2,6-7,10-11,13H,1,3-5,8-9,12H2,(H,21,23)(H,22,24). The van der Waals surface area contributed by atoms with Crippen LogP contribution in [0, 0.1) is 0 Å². The lowest BCUT2D eigenvalue weighted by molar-refractivity contribution is 0.102. The third kappa shape index (κ3) is 3.99. The second-order valence-electron chi connectivity index (χ2n) is 6.13. The number of carbonyl (C=O) groups is 1. The van der Waals surface area contributed by atoms with Crippen molar-refractivity contribution in [1.29, 1.82) is 0 Å². The third-order valence-corrected chi connectivity index (χ3v) is 4.32. The summed E-state index contributed by atoms with van der Waals surface area (Å²) in [5, 5.41) is 2.78. The zero-order chi connectivity index (χ0) is 17.6. The van der Waals surface area contributed by atoms with Gasteiger partial charge >= 0.3 is 0 Å². The minimum absolute atomic E-state index is 0.138. The number of H-pyrrole nitrogens is 1. The molecule has 0 atom stereocenters. The van der Waals surface area contributed by atoms with E-state index in [0.717, 1.165) is 43.4 Å². The van der Waals surface area contributed by atoms with Crippen LogP contribution in [0.5, 0.6) is 5.75 Å². The van der Waals surface area contributed by atoms with Gasteiger partial charge in [-0.2, -0.15) is 0 Å². The number of benzene rings is 1. The number of para-hydroxylation sites is 2. The van der Waals surface area contributed by atoms with Crippen LogP contribution in [-0.2, 0) is 12.8 Å². The molecule has 5 heteroatoms. The van der Waals surface area contributed by atoms with Gasteiger partial charge in [0.2, 0.25) is 0 Å². The van der Waals surface area contributed by atoms with Crippen molar-refractivity contribution in [3.8, 4) is 5.75 Å². The van der Waals surface area contributed by atoms with E-state index in [-0.39, 0.29) is 11.1 Å². The van der Waals surface area contributed by atoms with Crippen molar-refractivity contribution in [3.05, 3.63) is 70.2 Å². The topological polar surface area (TPSA) is 71.2 Å². The minimum Gasteiger partial charge on any atom is -0.487 e. The molecular formula is C20H22N2O3. The number of amides is 1. The van der Waals surface area contributed by atoms with Gasteiger partial charge in [-0.25, -0.2) is 0 Å². The number of aromatic nitrogens is 1. The first-order valence-corrected chi connectivity index (χ1v) is 8.58. The number of fused-ring (bicyclic) bond motifs is 1. The molecule has 2 aromatic rings. The quantitative estimate of drug-likeness (QED) is 0.648. The van der Waals surface area contributed by atoms with E-state index in [1.165, 1.54) is 0 Å². The Hall–Kier alpha value is -2.82. The van der Waals surface area contributed by atoms with Gasteiger partial charge in [-0.05, 0) is 49.4 Å². The van der Waals surface area contributed by atoms with E-state index < -0.39 is 5.91 Å². The van der Waals surface area contributed by atoms with Gasteiger partial charge in [0.05, 0.1) is 5.69 Å². The van der Waals surface area contributed by atoms with Crippen molar-refractivity contribution >= 4 is 11.6 Å². The molecule has 1 amide bonds. The summed E-state index contributed by atoms with van der Waals surface area (Å²) in [6, 6.07) is 8.87. The van der Waals surface area contributed by atoms with Crippen LogP contribution in [0.15, 0.2) is 47.8 Å². The van der Waals surface area contributed by atoms with Gasteiger partial charge in [-0.3, -0.25) is 9.59 Å². The molecule has 1 heterocycles. The Morgan fingerprint density at radius 3 is 2.88 bits per heavy atom. The van der Waals surface area contributed by atoms with E-state index >= 15 is 0 Å². The average molecular weight is 338 g/mol. The number of rotatable bonds is 5. The highest BCUT2D eigenvalue weighted by Gasteiger charge is 2.17. The monoisotopic (exact) mass is 338 g/mol. The Labute approximate surface area is 146 Å². The van der Waals surface area contributed by atoms with Gasteiger partial charge in [0.15, 0.2) is 0 Å². The number of hydrogen-bond donors (Lipinski definition) is 2. The van der Waals surface area contributed by atoms with Crippen LogP contribution in [-0.4, -0.2) is 17.5 Å². The average Bonchev–Trinajstić information content (AvgIpc) is 2.85. The number of hydrogen-bond acceptors (Lipinski definition) is 3.